The zero-order chi connectivity index (χ0) is 21.0. The van der Waals surface area contributed by atoms with Crippen molar-refractivity contribution in [1.82, 2.24) is 0 Å². The van der Waals surface area contributed by atoms with E-state index in [9.17, 15) is 19.7 Å². The summed E-state index contributed by atoms with van der Waals surface area (Å²) in [6, 6.07) is 13.6. The highest BCUT2D eigenvalue weighted by Gasteiger charge is 2.39. The summed E-state index contributed by atoms with van der Waals surface area (Å²) in [6.07, 6.45) is -1.64. The minimum atomic E-state index is -1.13. The number of carbonyl (C=O) groups excluding carboxylic acids is 2. The summed E-state index contributed by atoms with van der Waals surface area (Å²) in [4.78, 5) is 36.1. The number of halogens is 1. The summed E-state index contributed by atoms with van der Waals surface area (Å²) in [5.74, 6) is -0.481. The number of nitrogens with zero attached hydrogens (tertiary/aromatic N) is 1. The molecule has 1 aliphatic heterocycles. The summed E-state index contributed by atoms with van der Waals surface area (Å²) < 4.78 is 11.4. The number of esters is 1. The lowest BCUT2D eigenvalue weighted by Gasteiger charge is -2.25. The molecule has 3 rings (SSSR count). The quantitative estimate of drug-likeness (QED) is 0.263. The fourth-order valence-electron chi connectivity index (χ4n) is 3.21. The third kappa shape index (κ3) is 4.71. The zero-order valence-corrected chi connectivity index (χ0v) is 17.2. The van der Waals surface area contributed by atoms with Crippen molar-refractivity contribution in [3.05, 3.63) is 79.9 Å². The summed E-state index contributed by atoms with van der Waals surface area (Å²) in [5, 5.41) is 11.9. The van der Waals surface area contributed by atoms with Gasteiger partial charge < -0.3 is 9.47 Å². The van der Waals surface area contributed by atoms with Gasteiger partial charge >= 0.3 is 5.97 Å². The van der Waals surface area contributed by atoms with E-state index in [1.54, 1.807) is 55.5 Å². The Hall–Kier alpha value is -3.00. The van der Waals surface area contributed by atoms with Crippen molar-refractivity contribution in [2.45, 2.75) is 25.9 Å². The van der Waals surface area contributed by atoms with Crippen molar-refractivity contribution in [3.8, 4) is 5.75 Å². The molecule has 0 unspecified atom stereocenters. The number of nitro groups is 1. The number of ether oxygens (including phenoxy) is 2. The lowest BCUT2D eigenvalue weighted by Crippen LogP contribution is -2.32. The second-order valence-electron chi connectivity index (χ2n) is 6.34. The Bertz CT molecular complexity index is 1000. The minimum Gasteiger partial charge on any atom is -0.478 e. The van der Waals surface area contributed by atoms with Gasteiger partial charge in [0.2, 0.25) is 0 Å². The van der Waals surface area contributed by atoms with Crippen LogP contribution in [0.4, 0.5) is 0 Å². The molecule has 7 nitrogen and oxygen atoms in total. The van der Waals surface area contributed by atoms with Crippen molar-refractivity contribution in [3.63, 3.8) is 0 Å². The van der Waals surface area contributed by atoms with E-state index in [-0.39, 0.29) is 36.5 Å². The molecule has 0 aliphatic carbocycles. The molecule has 1 aliphatic rings. The molecule has 0 radical (unpaired) electrons. The first kappa shape index (κ1) is 20.7. The van der Waals surface area contributed by atoms with Gasteiger partial charge in [0.1, 0.15) is 5.75 Å². The first-order valence-electron chi connectivity index (χ1n) is 8.98. The molecule has 0 fully saturated rings. The van der Waals surface area contributed by atoms with Crippen LogP contribution in [0.25, 0.3) is 5.57 Å². The largest absolute Gasteiger partial charge is 0.478 e. The van der Waals surface area contributed by atoms with Gasteiger partial charge in [-0.15, -0.1) is 0 Å². The number of carbonyl (C=O) groups is 2. The van der Waals surface area contributed by atoms with Crippen LogP contribution in [0.5, 0.6) is 5.75 Å². The summed E-state index contributed by atoms with van der Waals surface area (Å²) in [7, 11) is 0. The number of para-hydroxylation sites is 1. The minimum absolute atomic E-state index is 0.161. The maximum absolute atomic E-state index is 12.9. The number of Topliss-reactive ketones (excluding diaryl/α,β-unsaturated/α-hetero) is 1. The lowest BCUT2D eigenvalue weighted by atomic mass is 9.91. The molecule has 2 aromatic carbocycles. The number of benzene rings is 2. The van der Waals surface area contributed by atoms with E-state index in [1.165, 1.54) is 0 Å². The predicted molar refractivity (Wildman–Crippen MR) is 109 cm³/mol. The molecule has 0 aromatic heterocycles. The number of hydrogen-bond donors (Lipinski definition) is 0. The van der Waals surface area contributed by atoms with Crippen molar-refractivity contribution in [2.24, 2.45) is 0 Å². The fourth-order valence-corrected chi connectivity index (χ4v) is 3.61. The third-order valence-corrected chi connectivity index (χ3v) is 4.93. The third-order valence-electron chi connectivity index (χ3n) is 4.43. The van der Waals surface area contributed by atoms with Crippen molar-refractivity contribution >= 4 is 33.3 Å². The van der Waals surface area contributed by atoms with Crippen LogP contribution in [0, 0.1) is 10.1 Å². The maximum atomic E-state index is 12.9. The van der Waals surface area contributed by atoms with Gasteiger partial charge in [-0.25, -0.2) is 0 Å². The molecular formula is C21H18BrNO6. The van der Waals surface area contributed by atoms with Crippen LogP contribution in [0.15, 0.2) is 58.7 Å². The van der Waals surface area contributed by atoms with E-state index < -0.39 is 17.0 Å². The lowest BCUT2D eigenvalue weighted by molar-refractivity contribution is -0.434. The molecule has 0 bridgehead atoms. The maximum Gasteiger partial charge on any atom is 0.310 e. The molecule has 29 heavy (non-hydrogen) atoms. The number of allylic oxidation sites excluding steroid dienone is 1. The van der Waals surface area contributed by atoms with Gasteiger partial charge in [0.25, 0.3) is 5.70 Å². The molecule has 0 spiro atoms. The van der Waals surface area contributed by atoms with Gasteiger partial charge in [0.15, 0.2) is 11.9 Å². The number of rotatable bonds is 7. The molecule has 0 saturated heterocycles. The molecule has 8 heteroatoms. The Morgan fingerprint density at radius 3 is 2.66 bits per heavy atom. The monoisotopic (exact) mass is 459 g/mol. The van der Waals surface area contributed by atoms with Crippen LogP contribution in [0.1, 0.15) is 35.7 Å². The zero-order valence-electron chi connectivity index (χ0n) is 15.6. The topological polar surface area (TPSA) is 95.7 Å². The van der Waals surface area contributed by atoms with Gasteiger partial charge in [-0.3, -0.25) is 19.7 Å². The highest BCUT2D eigenvalue weighted by Crippen LogP contribution is 2.39. The van der Waals surface area contributed by atoms with Crippen LogP contribution >= 0.6 is 15.9 Å². The Balaban J connectivity index is 2.04. The molecular weight excluding hydrogens is 442 g/mol. The average Bonchev–Trinajstić information content (AvgIpc) is 2.67. The first-order chi connectivity index (χ1) is 13.9. The normalized spacial score (nSPS) is 15.3. The number of fused-ring (bicyclic) bond motifs is 1. The summed E-state index contributed by atoms with van der Waals surface area (Å²) in [5.41, 5.74) is 0.861. The average molecular weight is 460 g/mol. The Labute approximate surface area is 175 Å². The predicted octanol–water partition coefficient (Wildman–Crippen LogP) is 4.42. The first-order valence-corrected chi connectivity index (χ1v) is 9.78. The van der Waals surface area contributed by atoms with Gasteiger partial charge in [-0.1, -0.05) is 46.3 Å². The van der Waals surface area contributed by atoms with E-state index in [4.69, 9.17) is 9.47 Å². The highest BCUT2D eigenvalue weighted by atomic mass is 79.9. The van der Waals surface area contributed by atoms with Crippen LogP contribution in [0.2, 0.25) is 0 Å². The Morgan fingerprint density at radius 1 is 1.21 bits per heavy atom. The van der Waals surface area contributed by atoms with E-state index in [2.05, 4.69) is 15.9 Å². The standard InChI is InChI=1S/C21H18BrNO6/c1-2-28-20(25)12-19-21(23(26)27)16(15-8-3-4-9-18(15)29-19)11-17(24)13-6-5-7-14(22)10-13/h3-10,19H,2,11-12H2,1H3/t19-/m0/s1. The number of ketones is 1. The molecule has 1 atom stereocenters. The summed E-state index contributed by atoms with van der Waals surface area (Å²) >= 11 is 3.32. The molecule has 0 N–H and O–H groups in total. The van der Waals surface area contributed by atoms with Gasteiger partial charge in [0, 0.05) is 27.6 Å². The van der Waals surface area contributed by atoms with Gasteiger partial charge in [-0.2, -0.15) is 0 Å². The molecule has 0 saturated carbocycles. The van der Waals surface area contributed by atoms with E-state index in [0.717, 1.165) is 4.47 Å². The van der Waals surface area contributed by atoms with Crippen LogP contribution in [0.3, 0.4) is 0 Å². The molecule has 1 heterocycles. The highest BCUT2D eigenvalue weighted by molar-refractivity contribution is 9.10. The van der Waals surface area contributed by atoms with Crippen molar-refractivity contribution < 1.29 is 24.0 Å². The van der Waals surface area contributed by atoms with E-state index in [0.29, 0.717) is 16.9 Å². The van der Waals surface area contributed by atoms with Gasteiger partial charge in [-0.05, 0) is 25.1 Å². The molecule has 0 amide bonds. The van der Waals surface area contributed by atoms with Crippen LogP contribution in [-0.2, 0) is 9.53 Å². The summed E-state index contributed by atoms with van der Waals surface area (Å²) in [6.45, 7) is 1.81. The van der Waals surface area contributed by atoms with E-state index >= 15 is 0 Å². The second-order valence-corrected chi connectivity index (χ2v) is 7.26. The Kier molecular flexibility index (Phi) is 6.43. The smallest absolute Gasteiger partial charge is 0.310 e. The fraction of sp³-hybridized carbons (Fsp3) is 0.238. The van der Waals surface area contributed by atoms with Crippen LogP contribution < -0.4 is 4.74 Å². The number of hydrogen-bond acceptors (Lipinski definition) is 6. The van der Waals surface area contributed by atoms with E-state index in [1.807, 2.05) is 0 Å². The Morgan fingerprint density at radius 2 is 1.97 bits per heavy atom. The van der Waals surface area contributed by atoms with Crippen LogP contribution in [-0.4, -0.2) is 29.4 Å². The second kappa shape index (κ2) is 9.00. The van der Waals surface area contributed by atoms with Crippen molar-refractivity contribution in [1.29, 1.82) is 0 Å². The van der Waals surface area contributed by atoms with Crippen molar-refractivity contribution in [2.75, 3.05) is 6.61 Å². The molecule has 150 valence electrons. The van der Waals surface area contributed by atoms with Gasteiger partial charge in [0.05, 0.1) is 18.0 Å². The SMILES string of the molecule is CCOC(=O)C[C@@H]1Oc2ccccc2C(CC(=O)c2cccc(Br)c2)=C1[N+](=O)[O-]. The molecule has 2 aromatic rings.